The number of halogens is 1. The first-order valence-corrected chi connectivity index (χ1v) is 8.81. The van der Waals surface area contributed by atoms with E-state index in [9.17, 15) is 0 Å². The van der Waals surface area contributed by atoms with Gasteiger partial charge in [0.2, 0.25) is 0 Å². The van der Waals surface area contributed by atoms with E-state index in [2.05, 4.69) is 36.5 Å². The van der Waals surface area contributed by atoms with Crippen molar-refractivity contribution in [3.8, 4) is 11.4 Å². The minimum absolute atomic E-state index is 0.734. The molecular formula is C19H16BrN5O. The molecule has 130 valence electrons. The van der Waals surface area contributed by atoms with Gasteiger partial charge in [0, 0.05) is 39.6 Å². The molecule has 0 atom stereocenters. The van der Waals surface area contributed by atoms with E-state index in [1.54, 1.807) is 18.0 Å². The van der Waals surface area contributed by atoms with Crippen LogP contribution in [0.1, 0.15) is 5.69 Å². The van der Waals surface area contributed by atoms with E-state index in [1.807, 2.05) is 55.6 Å². The van der Waals surface area contributed by atoms with Gasteiger partial charge in [0.1, 0.15) is 5.75 Å². The lowest BCUT2D eigenvalue weighted by Crippen LogP contribution is -1.99. The molecule has 0 fully saturated rings. The summed E-state index contributed by atoms with van der Waals surface area (Å²) in [6, 6.07) is 13.8. The second-order valence-electron chi connectivity index (χ2n) is 5.87. The topological polar surface area (TPSA) is 64.9 Å². The minimum Gasteiger partial charge on any atom is -0.497 e. The zero-order valence-electron chi connectivity index (χ0n) is 14.3. The van der Waals surface area contributed by atoms with Crippen LogP contribution in [0.3, 0.4) is 0 Å². The first kappa shape index (κ1) is 16.5. The van der Waals surface area contributed by atoms with Crippen molar-refractivity contribution in [3.63, 3.8) is 0 Å². The zero-order valence-corrected chi connectivity index (χ0v) is 15.9. The SMILES string of the molecule is COc1cc(Nc2ccnc3ccc(Br)cc23)cc(-n2cc(C)nn2)c1. The molecule has 0 bridgehead atoms. The van der Waals surface area contributed by atoms with Crippen LogP contribution in [-0.2, 0) is 0 Å². The Morgan fingerprint density at radius 3 is 2.77 bits per heavy atom. The van der Waals surface area contributed by atoms with Crippen LogP contribution < -0.4 is 10.1 Å². The van der Waals surface area contributed by atoms with Crippen LogP contribution in [0, 0.1) is 6.92 Å². The lowest BCUT2D eigenvalue weighted by Gasteiger charge is -2.13. The molecule has 2 aromatic heterocycles. The van der Waals surface area contributed by atoms with Gasteiger partial charge in [-0.2, -0.15) is 0 Å². The highest BCUT2D eigenvalue weighted by molar-refractivity contribution is 9.10. The van der Waals surface area contributed by atoms with Crippen LogP contribution in [0.4, 0.5) is 11.4 Å². The number of hydrogen-bond acceptors (Lipinski definition) is 5. The van der Waals surface area contributed by atoms with E-state index < -0.39 is 0 Å². The molecule has 4 rings (SSSR count). The quantitative estimate of drug-likeness (QED) is 0.531. The number of pyridine rings is 1. The van der Waals surface area contributed by atoms with Gasteiger partial charge < -0.3 is 10.1 Å². The number of nitrogens with one attached hydrogen (secondary N) is 1. The third kappa shape index (κ3) is 3.25. The first-order valence-electron chi connectivity index (χ1n) is 8.02. The number of aromatic nitrogens is 4. The lowest BCUT2D eigenvalue weighted by atomic mass is 10.1. The van der Waals surface area contributed by atoms with Crippen LogP contribution in [0.25, 0.3) is 16.6 Å². The fourth-order valence-electron chi connectivity index (χ4n) is 2.76. The Labute approximate surface area is 159 Å². The molecule has 0 saturated carbocycles. The highest BCUT2D eigenvalue weighted by Gasteiger charge is 2.08. The van der Waals surface area contributed by atoms with Crippen LogP contribution >= 0.6 is 15.9 Å². The second kappa shape index (κ2) is 6.76. The molecule has 2 aromatic carbocycles. The van der Waals surface area contributed by atoms with Gasteiger partial charge in [-0.05, 0) is 37.3 Å². The molecule has 0 unspecified atom stereocenters. The molecule has 0 spiro atoms. The Balaban J connectivity index is 1.78. The lowest BCUT2D eigenvalue weighted by molar-refractivity contribution is 0.414. The van der Waals surface area contributed by atoms with Crippen LogP contribution in [0.5, 0.6) is 5.75 Å². The molecule has 4 aromatic rings. The molecule has 0 saturated heterocycles. The number of ether oxygens (including phenoxy) is 1. The van der Waals surface area contributed by atoms with E-state index in [0.717, 1.165) is 43.9 Å². The molecule has 6 nitrogen and oxygen atoms in total. The summed E-state index contributed by atoms with van der Waals surface area (Å²) in [5.41, 5.74) is 4.50. The van der Waals surface area contributed by atoms with Gasteiger partial charge in [0.25, 0.3) is 0 Å². The maximum atomic E-state index is 5.45. The molecule has 0 radical (unpaired) electrons. The smallest absolute Gasteiger partial charge is 0.123 e. The van der Waals surface area contributed by atoms with Crippen molar-refractivity contribution >= 4 is 38.2 Å². The molecule has 0 amide bonds. The van der Waals surface area contributed by atoms with Crippen molar-refractivity contribution < 1.29 is 4.74 Å². The Bertz CT molecular complexity index is 1090. The summed E-state index contributed by atoms with van der Waals surface area (Å²) in [6.45, 7) is 1.91. The van der Waals surface area contributed by atoms with Crippen molar-refractivity contribution in [1.29, 1.82) is 0 Å². The molecule has 0 aliphatic carbocycles. The average Bonchev–Trinajstić information content (AvgIpc) is 3.08. The highest BCUT2D eigenvalue weighted by Crippen LogP contribution is 2.30. The number of rotatable bonds is 4. The first-order chi connectivity index (χ1) is 12.6. The Morgan fingerprint density at radius 1 is 1.12 bits per heavy atom. The molecule has 1 N–H and O–H groups in total. The van der Waals surface area contributed by atoms with Gasteiger partial charge in [-0.1, -0.05) is 21.1 Å². The number of fused-ring (bicyclic) bond motifs is 1. The van der Waals surface area contributed by atoms with Crippen molar-refractivity contribution in [3.05, 3.63) is 65.0 Å². The maximum absolute atomic E-state index is 5.45. The summed E-state index contributed by atoms with van der Waals surface area (Å²) in [6.07, 6.45) is 3.66. The molecule has 2 heterocycles. The Hall–Kier alpha value is -2.93. The van der Waals surface area contributed by atoms with Crippen molar-refractivity contribution in [2.24, 2.45) is 0 Å². The molecule has 26 heavy (non-hydrogen) atoms. The summed E-state index contributed by atoms with van der Waals surface area (Å²) >= 11 is 3.53. The monoisotopic (exact) mass is 409 g/mol. The summed E-state index contributed by atoms with van der Waals surface area (Å²) < 4.78 is 8.18. The van der Waals surface area contributed by atoms with E-state index >= 15 is 0 Å². The highest BCUT2D eigenvalue weighted by atomic mass is 79.9. The number of hydrogen-bond donors (Lipinski definition) is 1. The number of nitrogens with zero attached hydrogens (tertiary/aromatic N) is 4. The summed E-state index contributed by atoms with van der Waals surface area (Å²) in [4.78, 5) is 4.42. The molecular weight excluding hydrogens is 394 g/mol. The van der Waals surface area contributed by atoms with Gasteiger partial charge in [-0.25, -0.2) is 4.68 Å². The predicted octanol–water partition coefficient (Wildman–Crippen LogP) is 4.64. The van der Waals surface area contributed by atoms with Crippen molar-refractivity contribution in [1.82, 2.24) is 20.0 Å². The van der Waals surface area contributed by atoms with Crippen LogP contribution in [0.15, 0.2) is 59.3 Å². The predicted molar refractivity (Wildman–Crippen MR) is 105 cm³/mol. The van der Waals surface area contributed by atoms with E-state index in [-0.39, 0.29) is 0 Å². The fraction of sp³-hybridized carbons (Fsp3) is 0.105. The number of methoxy groups -OCH3 is 1. The second-order valence-corrected chi connectivity index (χ2v) is 6.78. The average molecular weight is 410 g/mol. The molecule has 7 heteroatoms. The summed E-state index contributed by atoms with van der Waals surface area (Å²) in [7, 11) is 1.65. The van der Waals surface area contributed by atoms with Crippen molar-refractivity contribution in [2.45, 2.75) is 6.92 Å². The number of aryl methyl sites for hydroxylation is 1. The third-order valence-electron chi connectivity index (χ3n) is 3.98. The van der Waals surface area contributed by atoms with E-state index in [1.165, 1.54) is 0 Å². The van der Waals surface area contributed by atoms with E-state index in [0.29, 0.717) is 0 Å². The summed E-state index contributed by atoms with van der Waals surface area (Å²) in [5.74, 6) is 0.734. The van der Waals surface area contributed by atoms with Gasteiger partial charge in [0.05, 0.1) is 30.2 Å². The normalized spacial score (nSPS) is 10.9. The molecule has 0 aliphatic heterocycles. The van der Waals surface area contributed by atoms with Gasteiger partial charge in [-0.15, -0.1) is 5.10 Å². The summed E-state index contributed by atoms with van der Waals surface area (Å²) in [5, 5.41) is 12.7. The van der Waals surface area contributed by atoms with Gasteiger partial charge >= 0.3 is 0 Å². The van der Waals surface area contributed by atoms with Crippen LogP contribution in [-0.4, -0.2) is 27.1 Å². The van der Waals surface area contributed by atoms with Gasteiger partial charge in [0.15, 0.2) is 0 Å². The van der Waals surface area contributed by atoms with Gasteiger partial charge in [-0.3, -0.25) is 4.98 Å². The Kier molecular flexibility index (Phi) is 4.30. The largest absolute Gasteiger partial charge is 0.497 e. The maximum Gasteiger partial charge on any atom is 0.123 e. The molecule has 0 aliphatic rings. The number of anilines is 2. The van der Waals surface area contributed by atoms with Crippen LogP contribution in [0.2, 0.25) is 0 Å². The standard InChI is InChI=1S/C19H16BrN5O/c1-12-11-25(24-23-12)15-8-14(9-16(10-15)26-2)22-19-5-6-21-18-4-3-13(20)7-17(18)19/h3-11H,1-2H3,(H,21,22). The van der Waals surface area contributed by atoms with Crippen molar-refractivity contribution in [2.75, 3.05) is 12.4 Å². The fourth-order valence-corrected chi connectivity index (χ4v) is 3.12. The van der Waals surface area contributed by atoms with E-state index in [4.69, 9.17) is 4.74 Å². The minimum atomic E-state index is 0.734. The number of benzene rings is 2. The third-order valence-corrected chi connectivity index (χ3v) is 4.48. The zero-order chi connectivity index (χ0) is 18.1. The Morgan fingerprint density at radius 2 is 2.00 bits per heavy atom.